The molecule has 10 aromatic rings. The zero-order valence-electron chi connectivity index (χ0n) is 93.7. The molecule has 0 bridgehead atoms. The van der Waals surface area contributed by atoms with Crippen molar-refractivity contribution >= 4 is 34.5 Å². The summed E-state index contributed by atoms with van der Waals surface area (Å²) < 4.78 is 53.7. The first-order valence-corrected chi connectivity index (χ1v) is 48.6. The van der Waals surface area contributed by atoms with E-state index in [1.807, 2.05) is 157 Å². The van der Waals surface area contributed by atoms with E-state index in [0.717, 1.165) is 123 Å². The minimum absolute atomic E-state index is 0. The highest BCUT2D eigenvalue weighted by atomic mass is 19.1. The summed E-state index contributed by atoms with van der Waals surface area (Å²) in [5.74, 6) is 1.51. The number of amides is 2. The summed E-state index contributed by atoms with van der Waals surface area (Å²) >= 11 is 0. The quantitative estimate of drug-likeness (QED) is 0.0597. The van der Waals surface area contributed by atoms with Crippen LogP contribution in [0.15, 0.2) is 154 Å². The summed E-state index contributed by atoms with van der Waals surface area (Å²) in [6.45, 7) is 91.9. The first-order chi connectivity index (χ1) is 64.6. The third-order valence-corrected chi connectivity index (χ3v) is 22.0. The monoisotopic (exact) mass is 2080 g/mol. The van der Waals surface area contributed by atoms with Crippen molar-refractivity contribution in [1.29, 1.82) is 0 Å². The van der Waals surface area contributed by atoms with Gasteiger partial charge in [-0.15, -0.1) is 5.10 Å². The molecule has 1 saturated carbocycles. The number of aryl methyl sites for hydroxylation is 3. The van der Waals surface area contributed by atoms with Crippen LogP contribution in [0.2, 0.25) is 0 Å². The summed E-state index contributed by atoms with van der Waals surface area (Å²) in [5.41, 5.74) is 21.4. The zero-order valence-corrected chi connectivity index (χ0v) is 93.7. The number of nitrogens with one attached hydrogen (secondary N) is 8. The number of halogens is 3. The van der Waals surface area contributed by atoms with E-state index in [0.29, 0.717) is 64.8 Å². The molecule has 4 aliphatic rings. The molecular formula is C119H204F3N23O4. The number of aromatic amines is 7. The van der Waals surface area contributed by atoms with Crippen molar-refractivity contribution in [2.24, 2.45) is 44.2 Å². The fourth-order valence-electron chi connectivity index (χ4n) is 12.7. The molecule has 1 fully saturated rings. The summed E-state index contributed by atoms with van der Waals surface area (Å²) in [6, 6.07) is 19.3. The first kappa shape index (κ1) is 145. The number of aromatic nitrogens is 18. The second kappa shape index (κ2) is 60.8. The summed E-state index contributed by atoms with van der Waals surface area (Å²) in [6.07, 6.45) is 13.6. The maximum atomic E-state index is 14.3. The van der Waals surface area contributed by atoms with Crippen LogP contribution in [0.3, 0.4) is 0 Å². The van der Waals surface area contributed by atoms with E-state index in [4.69, 9.17) is 9.47 Å². The van der Waals surface area contributed by atoms with Gasteiger partial charge in [0.05, 0.1) is 67.5 Å². The molecule has 0 saturated heterocycles. The lowest BCUT2D eigenvalue weighted by atomic mass is 9.89. The number of H-pyrrole nitrogens is 7. The molecular weight excluding hydrogens is 1870 g/mol. The predicted octanol–water partition coefficient (Wildman–Crippen LogP) is 30.8. The average molecular weight is 2080 g/mol. The zero-order chi connectivity index (χ0) is 108. The number of ether oxygens (including phenoxy) is 2. The Bertz CT molecular complexity index is 5860. The fraction of sp³-hybridized carbons (Fsp3) is 0.588. The Labute approximate surface area is 899 Å². The molecule has 2 amide bonds. The molecule has 1 aliphatic carbocycles. The third-order valence-electron chi connectivity index (χ3n) is 22.0. The van der Waals surface area contributed by atoms with Crippen molar-refractivity contribution in [3.8, 4) is 28.5 Å². The highest BCUT2D eigenvalue weighted by Crippen LogP contribution is 2.43. The summed E-state index contributed by atoms with van der Waals surface area (Å²) in [5, 5.41) is 55.3. The van der Waals surface area contributed by atoms with Crippen LogP contribution < -0.4 is 10.1 Å². The molecule has 9 aromatic heterocycles. The first-order valence-electron chi connectivity index (χ1n) is 48.6. The lowest BCUT2D eigenvalue weighted by molar-refractivity contribution is 0.0821. The number of carbonyl (C=O) groups excluding carboxylic acids is 2. The van der Waals surface area contributed by atoms with E-state index in [-0.39, 0.29) is 148 Å². The Balaban J connectivity index is -0.000000509. The van der Waals surface area contributed by atoms with E-state index in [2.05, 4.69) is 310 Å². The molecule has 0 atom stereocenters. The van der Waals surface area contributed by atoms with Gasteiger partial charge in [-0.1, -0.05) is 331 Å². The van der Waals surface area contributed by atoms with Crippen LogP contribution in [0.1, 0.15) is 412 Å². The molecule has 0 radical (unpaired) electrons. The molecule has 27 nitrogen and oxygen atoms in total. The van der Waals surface area contributed by atoms with Crippen LogP contribution in [0, 0.1) is 47.6 Å². The van der Waals surface area contributed by atoms with Gasteiger partial charge in [0.15, 0.2) is 11.6 Å². The Hall–Kier alpha value is -12.0. The van der Waals surface area contributed by atoms with Crippen LogP contribution in [0.25, 0.3) is 28.2 Å². The summed E-state index contributed by atoms with van der Waals surface area (Å²) in [7, 11) is 6.96. The SMILES string of the molecule is C.C.C.C.C.C.C.C.C=C(C)C1=CC(C(C)(C)C)=NC1.C=C(C)c1cc(C(C)(C)C)[nH]n1.CC(C)(C)C1=NCC(C2CC2)=C1F.CC(C)(C)c1cc(-c2cnccn2)n[nH]1.CCOC1=CC(C(C)(C)C)=NC1.CCOc1cc(C(C)(C)C)[nH]n1.CN(C)C(=O)c1cc(C(C)(C)C)[nH]n1.CNC(=O)c1cc(C(C)(C)C)[nH]n1.Cc1[nH]nc(C(C)(C)C)c1F.Cc1ccccc1-c1n[nH]c(C(C)(C)C)c1F.Cn1ccc(C(C)(C)C)n1. The Morgan fingerprint density at radius 2 is 0.940 bits per heavy atom. The molecule has 12 heterocycles. The highest BCUT2D eigenvalue weighted by Gasteiger charge is 2.37. The number of hydrogen-bond donors (Lipinski definition) is 8. The number of nitrogens with zero attached hydrogens (tertiary/aromatic N) is 15. The van der Waals surface area contributed by atoms with Gasteiger partial charge in [0, 0.05) is 158 Å². The molecule has 0 unspecified atom stereocenters. The van der Waals surface area contributed by atoms with Crippen molar-refractivity contribution in [1.82, 2.24) is 101 Å². The van der Waals surface area contributed by atoms with Crippen LogP contribution in [0.4, 0.5) is 13.2 Å². The molecule has 0 spiro atoms. The van der Waals surface area contributed by atoms with Crippen molar-refractivity contribution in [2.75, 3.05) is 54.0 Å². The molecule has 8 N–H and O–H groups in total. The second-order valence-corrected chi connectivity index (χ2v) is 47.3. The minimum atomic E-state index is -0.266. The standard InChI is InChI=1S/C14H17FN2.C11H16FN.C11H14N4.C11H17N.C10H17N3O.C10H16N2.C10H17NO.C9H15N3O.C9H16N2O.C8H13FN2.C8H14N2.8CH4/c1-9-7-5-6-8-10(9)12-11(15)13(17-16-12)14(2,3)4;1-11(2,3)10-9(12)8(6-13-10)7-4-5-7;1-11(2,3)10-6-8(14-15-10)9-7-12-4-5-13-9;1-8(2)9-6-10(12-7-9)11(3,4)5;1-10(2,3)8-6-7(11-12-8)9(14)13(4)5;1-7(2)8-6-9(12-11-8)10(3,4)5;1-5-12-8-6-9(11-7-8)10(2,3)4;1-9(2,3)7-5-6(11-12-7)8(13)10-4;1-5-12-8-6-7(10-11-8)9(2,3)4;1-5-6(9)7(11-10-5)8(2,3)4;1-8(2,3)7-5-6-10(4)9-7;;;;;;;;/h5-8H,1-4H3,(H,16,17);7H,4-6H2,1-3H3;4-7H,1-3H3,(H,14,15);6H,1,7H2,2-5H3;6H,1-5H3,(H,11,12);6H,1H2,2-5H3,(H,11,12);6H,5,7H2,1-4H3;5H,1-4H3,(H,10,13)(H,11,12);6H,5H2,1-4H3,(H,10,11);1-4H3,(H,10,11);5-6H,1-4H3;8*1H4. The van der Waals surface area contributed by atoms with Gasteiger partial charge in [0.2, 0.25) is 5.88 Å². The van der Waals surface area contributed by atoms with Gasteiger partial charge in [0.25, 0.3) is 11.8 Å². The van der Waals surface area contributed by atoms with Crippen molar-refractivity contribution in [2.45, 2.75) is 386 Å². The van der Waals surface area contributed by atoms with E-state index in [1.165, 1.54) is 16.2 Å². The van der Waals surface area contributed by atoms with Gasteiger partial charge in [-0.2, -0.15) is 35.7 Å². The van der Waals surface area contributed by atoms with Gasteiger partial charge >= 0.3 is 0 Å². The van der Waals surface area contributed by atoms with Crippen LogP contribution in [-0.4, -0.2) is 179 Å². The van der Waals surface area contributed by atoms with E-state index in [9.17, 15) is 22.8 Å². The largest absolute Gasteiger partial charge is 0.496 e. The predicted molar refractivity (Wildman–Crippen MR) is 629 cm³/mol. The number of aliphatic imine (C=N–C) groups is 3. The number of benzene rings is 1. The van der Waals surface area contributed by atoms with E-state index < -0.39 is 0 Å². The van der Waals surface area contributed by atoms with Crippen LogP contribution in [-0.2, 0) is 55.1 Å². The molecule has 3 aliphatic heterocycles. The number of rotatable bonds is 11. The van der Waals surface area contributed by atoms with Gasteiger partial charge < -0.3 is 19.7 Å². The smallest absolute Gasteiger partial charge is 0.273 e. The third kappa shape index (κ3) is 47.4. The van der Waals surface area contributed by atoms with Crippen LogP contribution in [0.5, 0.6) is 5.88 Å². The topological polar surface area (TPSA) is 349 Å². The van der Waals surface area contributed by atoms with Crippen molar-refractivity contribution in [3.05, 3.63) is 225 Å². The second-order valence-electron chi connectivity index (χ2n) is 47.3. The van der Waals surface area contributed by atoms with Crippen molar-refractivity contribution in [3.63, 3.8) is 0 Å². The Kier molecular flexibility index (Phi) is 59.3. The lowest BCUT2D eigenvalue weighted by Gasteiger charge is -2.17. The fourth-order valence-corrected chi connectivity index (χ4v) is 12.7. The molecule has 840 valence electrons. The number of hydrogen-bond acceptors (Lipinski definition) is 17. The molecule has 30 heteroatoms. The van der Waals surface area contributed by atoms with Gasteiger partial charge in [0.1, 0.15) is 45.7 Å². The van der Waals surface area contributed by atoms with Crippen LogP contribution >= 0.6 is 0 Å². The summed E-state index contributed by atoms with van der Waals surface area (Å²) in [4.78, 5) is 45.6. The maximum Gasteiger partial charge on any atom is 0.273 e. The maximum absolute atomic E-state index is 14.3. The Morgan fingerprint density at radius 3 is 1.28 bits per heavy atom. The van der Waals surface area contributed by atoms with Gasteiger partial charge in [-0.25, -0.2) is 13.2 Å². The molecule has 149 heavy (non-hydrogen) atoms. The number of carbonyl (C=O) groups is 2. The highest BCUT2D eigenvalue weighted by molar-refractivity contribution is 6.04. The van der Waals surface area contributed by atoms with Gasteiger partial charge in [-0.3, -0.25) is 74.9 Å². The normalized spacial score (nSPS) is 13.0. The average Bonchev–Trinajstić information content (AvgIpc) is 1.54. The van der Waals surface area contributed by atoms with E-state index in [1.54, 1.807) is 52.7 Å². The molecule has 14 rings (SSSR count). The van der Waals surface area contributed by atoms with E-state index >= 15 is 0 Å². The van der Waals surface area contributed by atoms with Gasteiger partial charge in [-0.05, 0) is 125 Å². The van der Waals surface area contributed by atoms with Crippen molar-refractivity contribution < 1.29 is 32.2 Å². The number of allylic oxidation sites excluding steroid dienone is 4. The molecule has 1 aromatic carbocycles. The lowest BCUT2D eigenvalue weighted by Crippen LogP contribution is -2.22. The Morgan fingerprint density at radius 1 is 0.477 bits per heavy atom. The minimum Gasteiger partial charge on any atom is -0.496 e.